The third kappa shape index (κ3) is 2.15. The van der Waals surface area contributed by atoms with Crippen molar-refractivity contribution in [3.63, 3.8) is 0 Å². The third-order valence-corrected chi connectivity index (χ3v) is 3.24. The summed E-state index contributed by atoms with van der Waals surface area (Å²) in [5, 5.41) is 2.89. The van der Waals surface area contributed by atoms with E-state index < -0.39 is 0 Å². The first-order valence-corrected chi connectivity index (χ1v) is 6.73. The average Bonchev–Trinajstić information content (AvgIpc) is 2.89. The van der Waals surface area contributed by atoms with E-state index in [2.05, 4.69) is 24.1 Å². The zero-order valence-electron chi connectivity index (χ0n) is 11.6. The molecule has 2 aromatic rings. The van der Waals surface area contributed by atoms with Gasteiger partial charge in [0.15, 0.2) is 5.69 Å². The zero-order chi connectivity index (χ0) is 14.1. The summed E-state index contributed by atoms with van der Waals surface area (Å²) in [5.41, 5.74) is 2.16. The molecule has 1 aliphatic rings. The van der Waals surface area contributed by atoms with Crippen molar-refractivity contribution < 1.29 is 9.53 Å². The van der Waals surface area contributed by atoms with Gasteiger partial charge in [-0.2, -0.15) is 0 Å². The number of carbonyl (C=O) groups excluding carboxylic acids is 1. The summed E-state index contributed by atoms with van der Waals surface area (Å²) < 4.78 is 7.60. The van der Waals surface area contributed by atoms with Gasteiger partial charge in [0.05, 0.1) is 11.4 Å². The van der Waals surface area contributed by atoms with Crippen LogP contribution in [0.1, 0.15) is 30.0 Å². The highest BCUT2D eigenvalue weighted by Gasteiger charge is 2.24. The summed E-state index contributed by atoms with van der Waals surface area (Å²) in [6, 6.07) is 7.74. The zero-order valence-corrected chi connectivity index (χ0v) is 11.6. The van der Waals surface area contributed by atoms with Gasteiger partial charge in [0, 0.05) is 6.54 Å². The maximum absolute atomic E-state index is 12.2. The van der Waals surface area contributed by atoms with Crippen LogP contribution < -0.4 is 10.1 Å². The van der Waals surface area contributed by atoms with Crippen LogP contribution in [0.4, 0.5) is 0 Å². The topological polar surface area (TPSA) is 56.2 Å². The molecule has 0 atom stereocenters. The molecular weight excluding hydrogens is 254 g/mol. The molecule has 1 N–H and O–H groups in total. The molecule has 0 aliphatic carbocycles. The SMILES string of the molecule is CC(C)CNC(=O)c1ncn2c1COc1ccccc1-2. The number of benzene rings is 1. The Labute approximate surface area is 117 Å². The number of nitrogens with zero attached hydrogens (tertiary/aromatic N) is 2. The minimum Gasteiger partial charge on any atom is -0.485 e. The summed E-state index contributed by atoms with van der Waals surface area (Å²) >= 11 is 0. The van der Waals surface area contributed by atoms with Crippen LogP contribution in [0.5, 0.6) is 5.75 Å². The normalized spacial score (nSPS) is 12.6. The molecule has 3 rings (SSSR count). The van der Waals surface area contributed by atoms with Gasteiger partial charge in [0.2, 0.25) is 0 Å². The van der Waals surface area contributed by atoms with Crippen molar-refractivity contribution in [2.45, 2.75) is 20.5 Å². The Kier molecular flexibility index (Phi) is 3.18. The van der Waals surface area contributed by atoms with Crippen LogP contribution in [0, 0.1) is 5.92 Å². The molecule has 0 bridgehead atoms. The molecule has 0 fully saturated rings. The molecule has 5 nitrogen and oxygen atoms in total. The largest absolute Gasteiger partial charge is 0.485 e. The summed E-state index contributed by atoms with van der Waals surface area (Å²) in [6.07, 6.45) is 1.68. The Balaban J connectivity index is 1.91. The number of amides is 1. The average molecular weight is 271 g/mol. The molecule has 1 aromatic carbocycles. The quantitative estimate of drug-likeness (QED) is 0.930. The van der Waals surface area contributed by atoms with Crippen LogP contribution in [0.2, 0.25) is 0 Å². The Morgan fingerprint density at radius 2 is 2.25 bits per heavy atom. The Bertz CT molecular complexity index is 646. The highest BCUT2D eigenvalue weighted by atomic mass is 16.5. The first-order valence-electron chi connectivity index (χ1n) is 6.73. The van der Waals surface area contributed by atoms with E-state index in [1.165, 1.54) is 0 Å². The molecule has 0 saturated heterocycles. The second-order valence-electron chi connectivity index (χ2n) is 5.27. The predicted octanol–water partition coefficient (Wildman–Crippen LogP) is 2.15. The van der Waals surface area contributed by atoms with Gasteiger partial charge >= 0.3 is 0 Å². The van der Waals surface area contributed by atoms with E-state index in [1.807, 2.05) is 28.8 Å². The maximum Gasteiger partial charge on any atom is 0.271 e. The lowest BCUT2D eigenvalue weighted by molar-refractivity contribution is 0.0941. The summed E-state index contributed by atoms with van der Waals surface area (Å²) in [5.74, 6) is 1.08. The number of rotatable bonds is 3. The van der Waals surface area contributed by atoms with E-state index in [0.717, 1.165) is 17.1 Å². The molecule has 104 valence electrons. The lowest BCUT2D eigenvalue weighted by atomic mass is 10.2. The molecular formula is C15H17N3O2. The molecule has 1 amide bonds. The van der Waals surface area contributed by atoms with Crippen LogP contribution in [0.25, 0.3) is 5.69 Å². The molecule has 0 saturated carbocycles. The second-order valence-corrected chi connectivity index (χ2v) is 5.27. The number of hydrogen-bond donors (Lipinski definition) is 1. The summed E-state index contributed by atoms with van der Waals surface area (Å²) in [6.45, 7) is 5.12. The fourth-order valence-corrected chi connectivity index (χ4v) is 2.21. The lowest BCUT2D eigenvalue weighted by Gasteiger charge is -2.20. The van der Waals surface area contributed by atoms with Crippen molar-refractivity contribution in [3.8, 4) is 11.4 Å². The van der Waals surface area contributed by atoms with Gasteiger partial charge in [-0.05, 0) is 18.1 Å². The number of para-hydroxylation sites is 2. The van der Waals surface area contributed by atoms with Gasteiger partial charge in [-0.3, -0.25) is 9.36 Å². The number of fused-ring (bicyclic) bond motifs is 3. The minimum atomic E-state index is -0.143. The third-order valence-electron chi connectivity index (χ3n) is 3.24. The Hall–Kier alpha value is -2.30. The monoisotopic (exact) mass is 271 g/mol. The van der Waals surface area contributed by atoms with Crippen molar-refractivity contribution >= 4 is 5.91 Å². The summed E-state index contributed by atoms with van der Waals surface area (Å²) in [4.78, 5) is 16.4. The van der Waals surface area contributed by atoms with Crippen LogP contribution in [-0.4, -0.2) is 22.0 Å². The molecule has 0 spiro atoms. The fourth-order valence-electron chi connectivity index (χ4n) is 2.21. The van der Waals surface area contributed by atoms with Crippen molar-refractivity contribution in [2.75, 3.05) is 6.54 Å². The molecule has 1 aliphatic heterocycles. The van der Waals surface area contributed by atoms with Gasteiger partial charge in [-0.15, -0.1) is 0 Å². The number of ether oxygens (including phenoxy) is 1. The predicted molar refractivity (Wildman–Crippen MR) is 75.1 cm³/mol. The Morgan fingerprint density at radius 3 is 3.05 bits per heavy atom. The smallest absolute Gasteiger partial charge is 0.271 e. The number of hydrogen-bond acceptors (Lipinski definition) is 3. The molecule has 5 heteroatoms. The van der Waals surface area contributed by atoms with Crippen LogP contribution in [0.3, 0.4) is 0 Å². The van der Waals surface area contributed by atoms with Gasteiger partial charge < -0.3 is 10.1 Å². The molecule has 0 radical (unpaired) electrons. The van der Waals surface area contributed by atoms with Gasteiger partial charge in [-0.25, -0.2) is 4.98 Å². The van der Waals surface area contributed by atoms with Crippen molar-refractivity contribution in [1.29, 1.82) is 0 Å². The van der Waals surface area contributed by atoms with Crippen LogP contribution in [-0.2, 0) is 6.61 Å². The maximum atomic E-state index is 12.2. The number of aromatic nitrogens is 2. The second kappa shape index (κ2) is 5.00. The van der Waals surface area contributed by atoms with Crippen molar-refractivity contribution in [2.24, 2.45) is 5.92 Å². The van der Waals surface area contributed by atoms with E-state index in [4.69, 9.17) is 4.74 Å². The number of carbonyl (C=O) groups is 1. The van der Waals surface area contributed by atoms with Gasteiger partial charge in [0.1, 0.15) is 18.7 Å². The van der Waals surface area contributed by atoms with E-state index >= 15 is 0 Å². The number of imidazole rings is 1. The Morgan fingerprint density at radius 1 is 1.45 bits per heavy atom. The van der Waals surface area contributed by atoms with E-state index in [-0.39, 0.29) is 5.91 Å². The van der Waals surface area contributed by atoms with Gasteiger partial charge in [0.25, 0.3) is 5.91 Å². The summed E-state index contributed by atoms with van der Waals surface area (Å²) in [7, 11) is 0. The van der Waals surface area contributed by atoms with Crippen molar-refractivity contribution in [3.05, 3.63) is 42.0 Å². The van der Waals surface area contributed by atoms with Gasteiger partial charge in [-0.1, -0.05) is 26.0 Å². The standard InChI is InChI=1S/C15H17N3O2/c1-10(2)7-16-15(19)14-12-8-20-13-6-4-3-5-11(13)18(12)9-17-14/h3-6,9-10H,7-8H2,1-2H3,(H,16,19). The highest BCUT2D eigenvalue weighted by Crippen LogP contribution is 2.30. The number of nitrogens with one attached hydrogen (secondary N) is 1. The van der Waals surface area contributed by atoms with E-state index in [0.29, 0.717) is 24.8 Å². The van der Waals surface area contributed by atoms with E-state index in [9.17, 15) is 4.79 Å². The van der Waals surface area contributed by atoms with E-state index in [1.54, 1.807) is 6.33 Å². The fraction of sp³-hybridized carbons (Fsp3) is 0.333. The first kappa shape index (κ1) is 12.7. The lowest BCUT2D eigenvalue weighted by Crippen LogP contribution is -2.29. The molecule has 1 aromatic heterocycles. The molecule has 20 heavy (non-hydrogen) atoms. The van der Waals surface area contributed by atoms with Crippen LogP contribution in [0.15, 0.2) is 30.6 Å². The molecule has 0 unspecified atom stereocenters. The first-order chi connectivity index (χ1) is 9.66. The van der Waals surface area contributed by atoms with Crippen molar-refractivity contribution in [1.82, 2.24) is 14.9 Å². The highest BCUT2D eigenvalue weighted by molar-refractivity contribution is 5.93. The minimum absolute atomic E-state index is 0.143. The molecule has 2 heterocycles. The van der Waals surface area contributed by atoms with Crippen LogP contribution >= 0.6 is 0 Å².